The number of aromatic nitrogens is 2. The van der Waals surface area contributed by atoms with Gasteiger partial charge in [-0.25, -0.2) is 4.98 Å². The van der Waals surface area contributed by atoms with Crippen molar-refractivity contribution in [3.63, 3.8) is 0 Å². The Bertz CT molecular complexity index is 1590. The van der Waals surface area contributed by atoms with Crippen LogP contribution in [-0.2, 0) is 6.54 Å². The van der Waals surface area contributed by atoms with Crippen molar-refractivity contribution in [2.45, 2.75) is 25.0 Å². The standard InChI is InChI=1S/C33H33N3O3S/c1-4-21-36-31(25-14-18-27(39-3)19-15-25)30(24-12-16-26(38-2)17-13-24)35-33(36)40-22-20-34-32(37)29-11-7-9-23-8-5-6-10-28(23)29/h5-19H,4,20-22H2,1-3H3,(H,34,37). The first-order valence-electron chi connectivity index (χ1n) is 13.4. The van der Waals surface area contributed by atoms with E-state index in [1.807, 2.05) is 78.9 Å². The van der Waals surface area contributed by atoms with Gasteiger partial charge in [0.15, 0.2) is 5.16 Å². The maximum absolute atomic E-state index is 13.0. The van der Waals surface area contributed by atoms with Crippen LogP contribution in [0.3, 0.4) is 0 Å². The molecule has 40 heavy (non-hydrogen) atoms. The van der Waals surface area contributed by atoms with E-state index in [1.54, 1.807) is 26.0 Å². The van der Waals surface area contributed by atoms with Gasteiger partial charge in [0.1, 0.15) is 11.5 Å². The smallest absolute Gasteiger partial charge is 0.251 e. The first-order valence-corrected chi connectivity index (χ1v) is 14.4. The number of imidazole rings is 1. The van der Waals surface area contributed by atoms with Crippen molar-refractivity contribution in [1.29, 1.82) is 0 Å². The van der Waals surface area contributed by atoms with E-state index in [1.165, 1.54) is 0 Å². The zero-order valence-electron chi connectivity index (χ0n) is 23.0. The minimum atomic E-state index is -0.0628. The van der Waals surface area contributed by atoms with Crippen molar-refractivity contribution in [2.24, 2.45) is 0 Å². The van der Waals surface area contributed by atoms with E-state index in [0.29, 0.717) is 17.9 Å². The summed E-state index contributed by atoms with van der Waals surface area (Å²) in [5, 5.41) is 6.05. The lowest BCUT2D eigenvalue weighted by atomic mass is 10.0. The Hall–Kier alpha value is -4.23. The van der Waals surface area contributed by atoms with Crippen LogP contribution >= 0.6 is 11.8 Å². The van der Waals surface area contributed by atoms with E-state index in [0.717, 1.165) is 62.9 Å². The summed E-state index contributed by atoms with van der Waals surface area (Å²) in [6.07, 6.45) is 0.965. The van der Waals surface area contributed by atoms with E-state index in [2.05, 4.69) is 28.9 Å². The first kappa shape index (κ1) is 27.3. The number of thioether (sulfide) groups is 1. The van der Waals surface area contributed by atoms with Gasteiger partial charge in [0.25, 0.3) is 5.91 Å². The molecule has 7 heteroatoms. The molecule has 6 nitrogen and oxygen atoms in total. The maximum atomic E-state index is 13.0. The molecule has 0 saturated carbocycles. The van der Waals surface area contributed by atoms with Gasteiger partial charge < -0.3 is 19.4 Å². The summed E-state index contributed by atoms with van der Waals surface area (Å²) >= 11 is 1.66. The Balaban J connectivity index is 1.40. The third-order valence-corrected chi connectivity index (χ3v) is 7.74. The molecule has 0 aliphatic heterocycles. The fourth-order valence-corrected chi connectivity index (χ4v) is 5.67. The van der Waals surface area contributed by atoms with E-state index in [9.17, 15) is 4.79 Å². The van der Waals surface area contributed by atoms with E-state index >= 15 is 0 Å². The third kappa shape index (κ3) is 5.84. The third-order valence-electron chi connectivity index (χ3n) is 6.76. The largest absolute Gasteiger partial charge is 0.497 e. The number of hydrogen-bond acceptors (Lipinski definition) is 5. The maximum Gasteiger partial charge on any atom is 0.251 e. The summed E-state index contributed by atoms with van der Waals surface area (Å²) in [7, 11) is 3.34. The van der Waals surface area contributed by atoms with Crippen LogP contribution < -0.4 is 14.8 Å². The van der Waals surface area contributed by atoms with Gasteiger partial charge in [-0.15, -0.1) is 0 Å². The van der Waals surface area contributed by atoms with Crippen LogP contribution in [0.1, 0.15) is 23.7 Å². The molecule has 1 N–H and O–H groups in total. The Labute approximate surface area is 239 Å². The first-order chi connectivity index (χ1) is 19.6. The molecule has 0 aliphatic rings. The highest BCUT2D eigenvalue weighted by Gasteiger charge is 2.20. The van der Waals surface area contributed by atoms with Crippen LogP contribution in [-0.4, -0.2) is 42.0 Å². The van der Waals surface area contributed by atoms with Gasteiger partial charge in [-0.1, -0.05) is 55.1 Å². The number of nitrogens with zero attached hydrogens (tertiary/aromatic N) is 2. The lowest BCUT2D eigenvalue weighted by molar-refractivity contribution is 0.0958. The highest BCUT2D eigenvalue weighted by atomic mass is 32.2. The summed E-state index contributed by atoms with van der Waals surface area (Å²) in [5.74, 6) is 2.25. The van der Waals surface area contributed by atoms with Crippen LogP contribution in [0.4, 0.5) is 0 Å². The van der Waals surface area contributed by atoms with Gasteiger partial charge in [0.2, 0.25) is 0 Å². The van der Waals surface area contributed by atoms with Crippen molar-refractivity contribution in [2.75, 3.05) is 26.5 Å². The van der Waals surface area contributed by atoms with Crippen LogP contribution in [0.25, 0.3) is 33.3 Å². The zero-order chi connectivity index (χ0) is 27.9. The summed E-state index contributed by atoms with van der Waals surface area (Å²) < 4.78 is 13.1. The van der Waals surface area contributed by atoms with Gasteiger partial charge in [0.05, 0.1) is 25.6 Å². The fraction of sp³-hybridized carbons (Fsp3) is 0.212. The summed E-state index contributed by atoms with van der Waals surface area (Å²) in [6.45, 7) is 3.53. The second kappa shape index (κ2) is 12.7. The number of hydrogen-bond donors (Lipinski definition) is 1. The fourth-order valence-electron chi connectivity index (χ4n) is 4.79. The second-order valence-electron chi connectivity index (χ2n) is 9.33. The van der Waals surface area contributed by atoms with Crippen molar-refractivity contribution in [1.82, 2.24) is 14.9 Å². The number of carbonyl (C=O) groups excluding carboxylic acids is 1. The number of carbonyl (C=O) groups is 1. The molecule has 0 fully saturated rings. The predicted octanol–water partition coefficient (Wildman–Crippen LogP) is 7.32. The van der Waals surface area contributed by atoms with E-state index in [4.69, 9.17) is 14.5 Å². The molecule has 0 aliphatic carbocycles. The van der Waals surface area contributed by atoms with E-state index in [-0.39, 0.29) is 5.91 Å². The number of methoxy groups -OCH3 is 2. The minimum absolute atomic E-state index is 0.0628. The van der Waals surface area contributed by atoms with Crippen molar-refractivity contribution in [3.05, 3.63) is 96.6 Å². The Morgan fingerprint density at radius 1 is 0.850 bits per heavy atom. The van der Waals surface area contributed by atoms with Gasteiger partial charge >= 0.3 is 0 Å². The Kier molecular flexibility index (Phi) is 8.71. The summed E-state index contributed by atoms with van der Waals surface area (Å²) in [5.41, 5.74) is 4.77. The number of amides is 1. The lowest BCUT2D eigenvalue weighted by Crippen LogP contribution is -2.26. The topological polar surface area (TPSA) is 65.4 Å². The van der Waals surface area contributed by atoms with Crippen molar-refractivity contribution >= 4 is 28.4 Å². The number of rotatable bonds is 11. The van der Waals surface area contributed by atoms with Gasteiger partial charge in [-0.05, 0) is 71.8 Å². The number of nitrogens with one attached hydrogen (secondary N) is 1. The molecule has 204 valence electrons. The van der Waals surface area contributed by atoms with Gasteiger partial charge in [-0.2, -0.15) is 0 Å². The molecule has 5 aromatic rings. The van der Waals surface area contributed by atoms with Crippen LogP contribution in [0.15, 0.2) is 96.2 Å². The molecule has 0 radical (unpaired) electrons. The summed E-state index contributed by atoms with van der Waals surface area (Å²) in [6, 6.07) is 29.9. The molecule has 5 rings (SSSR count). The zero-order valence-corrected chi connectivity index (χ0v) is 23.8. The molecule has 1 heterocycles. The monoisotopic (exact) mass is 551 g/mol. The van der Waals surface area contributed by atoms with Crippen LogP contribution in [0.5, 0.6) is 11.5 Å². The van der Waals surface area contributed by atoms with Crippen LogP contribution in [0, 0.1) is 0 Å². The van der Waals surface area contributed by atoms with Crippen molar-refractivity contribution in [3.8, 4) is 34.0 Å². The molecular formula is C33H33N3O3S. The van der Waals surface area contributed by atoms with Gasteiger partial charge in [0, 0.05) is 35.5 Å². The predicted molar refractivity (Wildman–Crippen MR) is 163 cm³/mol. The molecule has 0 bridgehead atoms. The highest BCUT2D eigenvalue weighted by molar-refractivity contribution is 7.99. The van der Waals surface area contributed by atoms with Crippen LogP contribution in [0.2, 0.25) is 0 Å². The number of benzene rings is 4. The molecule has 0 saturated heterocycles. The SMILES string of the molecule is CCCn1c(SCCNC(=O)c2cccc3ccccc23)nc(-c2ccc(OC)cc2)c1-c1ccc(OC)cc1. The van der Waals surface area contributed by atoms with Gasteiger partial charge in [-0.3, -0.25) is 4.79 Å². The lowest BCUT2D eigenvalue weighted by Gasteiger charge is -2.13. The average Bonchev–Trinajstić information content (AvgIpc) is 3.37. The number of ether oxygens (including phenoxy) is 2. The molecular weight excluding hydrogens is 518 g/mol. The molecule has 0 spiro atoms. The molecule has 0 unspecified atom stereocenters. The average molecular weight is 552 g/mol. The normalized spacial score (nSPS) is 11.0. The number of fused-ring (bicyclic) bond motifs is 1. The summed E-state index contributed by atoms with van der Waals surface area (Å²) in [4.78, 5) is 18.1. The molecule has 4 aromatic carbocycles. The van der Waals surface area contributed by atoms with E-state index < -0.39 is 0 Å². The van der Waals surface area contributed by atoms with Crippen molar-refractivity contribution < 1.29 is 14.3 Å². The minimum Gasteiger partial charge on any atom is -0.497 e. The second-order valence-corrected chi connectivity index (χ2v) is 10.4. The highest BCUT2D eigenvalue weighted by Crippen LogP contribution is 2.37. The Morgan fingerprint density at radius 3 is 2.17 bits per heavy atom. The Morgan fingerprint density at radius 2 is 1.50 bits per heavy atom. The quantitative estimate of drug-likeness (QED) is 0.138. The molecule has 0 atom stereocenters. The molecule has 1 amide bonds. The molecule has 1 aromatic heterocycles.